The van der Waals surface area contributed by atoms with E-state index >= 15 is 0 Å². The molecule has 0 aliphatic carbocycles. The van der Waals surface area contributed by atoms with E-state index in [0.717, 1.165) is 12.1 Å². The summed E-state index contributed by atoms with van der Waals surface area (Å²) < 4.78 is 48.3. The van der Waals surface area contributed by atoms with E-state index in [2.05, 4.69) is 10.1 Å². The predicted molar refractivity (Wildman–Crippen MR) is 76.5 cm³/mol. The molecule has 122 valence electrons. The van der Waals surface area contributed by atoms with Crippen molar-refractivity contribution < 1.29 is 27.5 Å². The Hall–Kier alpha value is -3.16. The monoisotopic (exact) mass is 332 g/mol. The molecule has 0 saturated heterocycles. The van der Waals surface area contributed by atoms with Gasteiger partial charge in [0.2, 0.25) is 12.6 Å². The van der Waals surface area contributed by atoms with Crippen molar-refractivity contribution in [2.75, 3.05) is 6.79 Å². The quantitative estimate of drug-likeness (QED) is 0.730. The van der Waals surface area contributed by atoms with Gasteiger partial charge in [-0.15, -0.1) is 0 Å². The van der Waals surface area contributed by atoms with E-state index in [4.69, 9.17) is 18.7 Å². The van der Waals surface area contributed by atoms with Crippen LogP contribution in [0.2, 0.25) is 0 Å². The Labute approximate surface area is 134 Å². The lowest BCUT2D eigenvalue weighted by Gasteiger charge is -2.04. The van der Waals surface area contributed by atoms with Crippen molar-refractivity contribution in [3.8, 4) is 28.7 Å². The van der Waals surface area contributed by atoms with Crippen molar-refractivity contribution in [2.24, 2.45) is 0 Å². The molecule has 0 unspecified atom stereocenters. The van der Waals surface area contributed by atoms with Gasteiger partial charge in [0.1, 0.15) is 22.9 Å². The molecule has 0 bridgehead atoms. The summed E-state index contributed by atoms with van der Waals surface area (Å²) in [6.07, 6.45) is 0. The van der Waals surface area contributed by atoms with Crippen LogP contribution in [0.15, 0.2) is 40.9 Å². The fourth-order valence-electron chi connectivity index (χ4n) is 2.23. The van der Waals surface area contributed by atoms with Gasteiger partial charge in [-0.25, -0.2) is 8.78 Å². The van der Waals surface area contributed by atoms with Gasteiger partial charge in [-0.2, -0.15) is 4.98 Å². The average Bonchev–Trinajstić information content (AvgIpc) is 3.21. The Balaban J connectivity index is 1.50. The fourth-order valence-corrected chi connectivity index (χ4v) is 2.23. The second kappa shape index (κ2) is 5.80. The van der Waals surface area contributed by atoms with Crippen LogP contribution in [0.3, 0.4) is 0 Å². The number of ether oxygens (including phenoxy) is 3. The van der Waals surface area contributed by atoms with Gasteiger partial charge in [-0.3, -0.25) is 0 Å². The normalized spacial score (nSPS) is 12.4. The molecule has 0 N–H and O–H groups in total. The Kier molecular flexibility index (Phi) is 3.49. The van der Waals surface area contributed by atoms with Gasteiger partial charge in [0, 0.05) is 6.07 Å². The summed E-state index contributed by atoms with van der Waals surface area (Å²) in [5, 5.41) is 3.66. The largest absolute Gasteiger partial charge is 0.485 e. The Morgan fingerprint density at radius 1 is 1.04 bits per heavy atom. The van der Waals surface area contributed by atoms with Crippen LogP contribution in [-0.4, -0.2) is 16.9 Å². The zero-order valence-corrected chi connectivity index (χ0v) is 12.2. The molecule has 2 aromatic carbocycles. The van der Waals surface area contributed by atoms with Crippen molar-refractivity contribution in [2.45, 2.75) is 6.61 Å². The summed E-state index contributed by atoms with van der Waals surface area (Å²) in [5.74, 6) is 0.0978. The molecule has 0 saturated carbocycles. The van der Waals surface area contributed by atoms with Gasteiger partial charge in [-0.1, -0.05) is 11.2 Å². The van der Waals surface area contributed by atoms with E-state index in [0.29, 0.717) is 17.2 Å². The summed E-state index contributed by atoms with van der Waals surface area (Å²) in [5.41, 5.74) is -0.362. The van der Waals surface area contributed by atoms with Crippen LogP contribution in [-0.2, 0) is 6.61 Å². The van der Waals surface area contributed by atoms with Crippen LogP contribution in [0, 0.1) is 11.6 Å². The minimum absolute atomic E-state index is 0.0286. The Morgan fingerprint density at radius 2 is 1.83 bits per heavy atom. The first-order valence-electron chi connectivity index (χ1n) is 7.00. The molecule has 1 aromatic heterocycles. The number of fused-ring (bicyclic) bond motifs is 1. The molecule has 0 atom stereocenters. The molecule has 0 spiro atoms. The predicted octanol–water partition coefficient (Wildman–Crippen LogP) is 3.32. The molecular formula is C16H10F2N2O4. The van der Waals surface area contributed by atoms with Crippen molar-refractivity contribution in [1.29, 1.82) is 0 Å². The topological polar surface area (TPSA) is 66.6 Å². The lowest BCUT2D eigenvalue weighted by atomic mass is 10.2. The molecule has 6 nitrogen and oxygen atoms in total. The van der Waals surface area contributed by atoms with Crippen LogP contribution in [0.4, 0.5) is 8.78 Å². The first-order chi connectivity index (χ1) is 11.7. The zero-order valence-electron chi connectivity index (χ0n) is 12.2. The van der Waals surface area contributed by atoms with Crippen molar-refractivity contribution in [3.05, 3.63) is 53.9 Å². The van der Waals surface area contributed by atoms with Gasteiger partial charge >= 0.3 is 0 Å². The van der Waals surface area contributed by atoms with Crippen LogP contribution >= 0.6 is 0 Å². The maximum Gasteiger partial charge on any atom is 0.264 e. The molecule has 1 aliphatic heterocycles. The minimum Gasteiger partial charge on any atom is -0.485 e. The molecule has 0 fully saturated rings. The highest BCUT2D eigenvalue weighted by molar-refractivity contribution is 5.54. The third-order valence-electron chi connectivity index (χ3n) is 3.36. The second-order valence-corrected chi connectivity index (χ2v) is 4.92. The van der Waals surface area contributed by atoms with Gasteiger partial charge in [-0.05, 0) is 24.3 Å². The van der Waals surface area contributed by atoms with Gasteiger partial charge in [0.15, 0.2) is 18.1 Å². The summed E-state index contributed by atoms with van der Waals surface area (Å²) >= 11 is 0. The van der Waals surface area contributed by atoms with Crippen molar-refractivity contribution in [1.82, 2.24) is 10.1 Å². The molecule has 0 amide bonds. The molecule has 0 radical (unpaired) electrons. The SMILES string of the molecule is Fc1cccc(F)c1-c1nc(COc2ccc3c(c2)OCO3)no1. The maximum atomic E-state index is 13.7. The minimum atomic E-state index is -0.776. The Bertz CT molecular complexity index is 877. The van der Waals surface area contributed by atoms with Crippen LogP contribution < -0.4 is 14.2 Å². The summed E-state index contributed by atoms with van der Waals surface area (Å²) in [6, 6.07) is 8.57. The van der Waals surface area contributed by atoms with Gasteiger partial charge < -0.3 is 18.7 Å². The highest BCUT2D eigenvalue weighted by Gasteiger charge is 2.18. The highest BCUT2D eigenvalue weighted by Crippen LogP contribution is 2.35. The van der Waals surface area contributed by atoms with Gasteiger partial charge in [0.25, 0.3) is 5.89 Å². The molecule has 8 heteroatoms. The number of aromatic nitrogens is 2. The smallest absolute Gasteiger partial charge is 0.264 e. The number of rotatable bonds is 4. The van der Waals surface area contributed by atoms with Crippen LogP contribution in [0.25, 0.3) is 11.5 Å². The molecular weight excluding hydrogens is 322 g/mol. The van der Waals surface area contributed by atoms with Gasteiger partial charge in [0.05, 0.1) is 0 Å². The second-order valence-electron chi connectivity index (χ2n) is 4.92. The summed E-state index contributed by atoms with van der Waals surface area (Å²) in [7, 11) is 0. The lowest BCUT2D eigenvalue weighted by molar-refractivity contribution is 0.173. The number of hydrogen-bond donors (Lipinski definition) is 0. The van der Waals surface area contributed by atoms with E-state index in [1.807, 2.05) is 0 Å². The van der Waals surface area contributed by atoms with E-state index in [9.17, 15) is 8.78 Å². The molecule has 3 aromatic rings. The standard InChI is InChI=1S/C16H10F2N2O4/c17-10-2-1-3-11(18)15(10)16-19-14(20-24-16)7-21-9-4-5-12-13(6-9)23-8-22-12/h1-6H,7-8H2. The number of benzene rings is 2. The fraction of sp³-hybridized carbons (Fsp3) is 0.125. The number of halogens is 2. The van der Waals surface area contributed by atoms with Crippen molar-refractivity contribution >= 4 is 0 Å². The van der Waals surface area contributed by atoms with E-state index in [1.165, 1.54) is 6.07 Å². The van der Waals surface area contributed by atoms with Crippen LogP contribution in [0.1, 0.15) is 5.82 Å². The molecule has 24 heavy (non-hydrogen) atoms. The van der Waals surface area contributed by atoms with E-state index in [-0.39, 0.29) is 30.7 Å². The average molecular weight is 332 g/mol. The third kappa shape index (κ3) is 2.62. The first kappa shape index (κ1) is 14.4. The van der Waals surface area contributed by atoms with E-state index < -0.39 is 11.6 Å². The number of hydrogen-bond acceptors (Lipinski definition) is 6. The Morgan fingerprint density at radius 3 is 2.67 bits per heavy atom. The molecule has 4 rings (SSSR count). The van der Waals surface area contributed by atoms with E-state index in [1.54, 1.807) is 18.2 Å². The maximum absolute atomic E-state index is 13.7. The lowest BCUT2D eigenvalue weighted by Crippen LogP contribution is -1.98. The third-order valence-corrected chi connectivity index (χ3v) is 3.36. The first-order valence-corrected chi connectivity index (χ1v) is 7.00. The summed E-state index contributed by atoms with van der Waals surface area (Å²) in [6.45, 7) is 0.139. The zero-order chi connectivity index (χ0) is 16.5. The number of nitrogens with zero attached hydrogens (tertiary/aromatic N) is 2. The van der Waals surface area contributed by atoms with Crippen molar-refractivity contribution in [3.63, 3.8) is 0 Å². The van der Waals surface area contributed by atoms with Crippen LogP contribution in [0.5, 0.6) is 17.2 Å². The molecule has 1 aliphatic rings. The molecule has 2 heterocycles. The highest BCUT2D eigenvalue weighted by atomic mass is 19.1. The summed E-state index contributed by atoms with van der Waals surface area (Å²) in [4.78, 5) is 3.95.